The molecule has 1 aliphatic heterocycles. The Morgan fingerprint density at radius 3 is 2.49 bits per heavy atom. The molecule has 4 aromatic carbocycles. The van der Waals surface area contributed by atoms with Crippen LogP contribution in [0.4, 0.5) is 9.52 Å². The fourth-order valence-electron chi connectivity index (χ4n) is 4.80. The van der Waals surface area contributed by atoms with Gasteiger partial charge in [0.25, 0.3) is 5.78 Å². The van der Waals surface area contributed by atoms with E-state index in [9.17, 15) is 19.1 Å². The van der Waals surface area contributed by atoms with E-state index < -0.39 is 29.3 Å². The van der Waals surface area contributed by atoms with E-state index in [-0.39, 0.29) is 22.0 Å². The minimum atomic E-state index is -1.12. The molecular weight excluding hydrogens is 637 g/mol. The maximum atomic E-state index is 14.7. The summed E-state index contributed by atoms with van der Waals surface area (Å²) >= 11 is 8.81. The number of carbonyl (C=O) groups excluding carboxylic acids is 2. The van der Waals surface area contributed by atoms with E-state index in [4.69, 9.17) is 21.1 Å². The minimum absolute atomic E-state index is 0.00115. The molecule has 0 saturated carbocycles. The Labute approximate surface area is 270 Å². The van der Waals surface area contributed by atoms with Crippen LogP contribution in [-0.4, -0.2) is 34.1 Å². The molecule has 1 aromatic heterocycles. The summed E-state index contributed by atoms with van der Waals surface area (Å²) in [6, 6.07) is 26.0. The van der Waals surface area contributed by atoms with Crippen LogP contribution in [0.1, 0.15) is 22.7 Å². The summed E-state index contributed by atoms with van der Waals surface area (Å²) < 4.78 is 26.2. The average Bonchev–Trinajstić information content (AvgIpc) is 3.62. The molecule has 226 valence electrons. The van der Waals surface area contributed by atoms with Gasteiger partial charge < -0.3 is 14.6 Å². The molecule has 0 spiro atoms. The van der Waals surface area contributed by atoms with Gasteiger partial charge in [-0.3, -0.25) is 14.5 Å². The second-order valence-electron chi connectivity index (χ2n) is 9.74. The van der Waals surface area contributed by atoms with Crippen LogP contribution in [0.3, 0.4) is 0 Å². The van der Waals surface area contributed by atoms with E-state index in [0.29, 0.717) is 32.2 Å². The fraction of sp³-hybridized carbons (Fsp3) is 0.0909. The first-order chi connectivity index (χ1) is 21.8. The highest BCUT2D eigenvalue weighted by Crippen LogP contribution is 2.45. The van der Waals surface area contributed by atoms with Crippen molar-refractivity contribution in [1.29, 1.82) is 0 Å². The highest BCUT2D eigenvalue weighted by molar-refractivity contribution is 8.00. The second-order valence-corrected chi connectivity index (χ2v) is 12.3. The van der Waals surface area contributed by atoms with Crippen molar-refractivity contribution in [3.05, 3.63) is 130 Å². The summed E-state index contributed by atoms with van der Waals surface area (Å²) in [6.07, 6.45) is 0. The molecular formula is C33H23ClFN3O5S2. The molecule has 1 aliphatic rings. The smallest absolute Gasteiger partial charge is 0.301 e. The van der Waals surface area contributed by atoms with Crippen molar-refractivity contribution in [3.63, 3.8) is 0 Å². The lowest BCUT2D eigenvalue weighted by Gasteiger charge is -2.23. The zero-order chi connectivity index (χ0) is 31.5. The van der Waals surface area contributed by atoms with Gasteiger partial charge in [-0.15, -0.1) is 10.2 Å². The molecule has 45 heavy (non-hydrogen) atoms. The van der Waals surface area contributed by atoms with E-state index in [1.54, 1.807) is 42.5 Å². The van der Waals surface area contributed by atoms with Crippen LogP contribution in [0.5, 0.6) is 17.2 Å². The van der Waals surface area contributed by atoms with Gasteiger partial charge in [0.1, 0.15) is 17.3 Å². The van der Waals surface area contributed by atoms with Gasteiger partial charge in [0.15, 0.2) is 15.9 Å². The first-order valence-corrected chi connectivity index (χ1v) is 15.7. The molecule has 1 N–H and O–H groups in total. The van der Waals surface area contributed by atoms with Crippen LogP contribution in [-0.2, 0) is 15.3 Å². The number of carbonyl (C=O) groups is 2. The Morgan fingerprint density at radius 2 is 1.73 bits per heavy atom. The number of amides is 1. The van der Waals surface area contributed by atoms with Crippen molar-refractivity contribution in [2.45, 2.75) is 16.1 Å². The number of methoxy groups -OCH3 is 1. The van der Waals surface area contributed by atoms with Gasteiger partial charge in [0, 0.05) is 16.3 Å². The quantitative estimate of drug-likeness (QED) is 0.0558. The third kappa shape index (κ3) is 6.28. The Balaban J connectivity index is 1.41. The van der Waals surface area contributed by atoms with Crippen LogP contribution in [0.15, 0.2) is 107 Å². The number of para-hydroxylation sites is 1. The molecule has 5 aromatic rings. The van der Waals surface area contributed by atoms with Crippen LogP contribution in [0.2, 0.25) is 5.02 Å². The molecule has 2 heterocycles. The number of ether oxygens (including phenoxy) is 2. The van der Waals surface area contributed by atoms with E-state index in [1.807, 2.05) is 36.4 Å². The summed E-state index contributed by atoms with van der Waals surface area (Å²) in [4.78, 5) is 28.4. The Bertz CT molecular complexity index is 1930. The SMILES string of the molecule is COc1ccc(C(O)=C2C(=O)C(=O)N(c3nnc(SCc4ccccc4Cl)s3)C2c2cccc(Oc3ccccc3)c2)cc1F. The number of aromatic nitrogens is 2. The molecule has 1 unspecified atom stereocenters. The van der Waals surface area contributed by atoms with Gasteiger partial charge in [-0.1, -0.05) is 83.2 Å². The molecule has 1 fully saturated rings. The third-order valence-electron chi connectivity index (χ3n) is 6.93. The lowest BCUT2D eigenvalue weighted by molar-refractivity contribution is -0.132. The number of aliphatic hydroxyl groups excluding tert-OH is 1. The van der Waals surface area contributed by atoms with Gasteiger partial charge in [-0.2, -0.15) is 0 Å². The van der Waals surface area contributed by atoms with Gasteiger partial charge in [-0.25, -0.2) is 4.39 Å². The summed E-state index contributed by atoms with van der Waals surface area (Å²) in [6.45, 7) is 0. The highest BCUT2D eigenvalue weighted by Gasteiger charge is 2.48. The number of halogens is 2. The largest absolute Gasteiger partial charge is 0.507 e. The van der Waals surface area contributed by atoms with E-state index in [0.717, 1.165) is 23.0 Å². The Hall–Kier alpha value is -4.71. The Morgan fingerprint density at radius 1 is 0.978 bits per heavy atom. The zero-order valence-corrected chi connectivity index (χ0v) is 25.9. The maximum Gasteiger partial charge on any atom is 0.301 e. The predicted molar refractivity (Wildman–Crippen MR) is 172 cm³/mol. The topological polar surface area (TPSA) is 102 Å². The number of hydrogen-bond donors (Lipinski definition) is 1. The summed E-state index contributed by atoms with van der Waals surface area (Å²) in [7, 11) is 1.32. The molecule has 8 nitrogen and oxygen atoms in total. The minimum Gasteiger partial charge on any atom is -0.507 e. The zero-order valence-electron chi connectivity index (χ0n) is 23.5. The molecule has 1 saturated heterocycles. The first kappa shape index (κ1) is 30.3. The molecule has 1 atom stereocenters. The third-order valence-corrected chi connectivity index (χ3v) is 9.41. The highest BCUT2D eigenvalue weighted by atomic mass is 35.5. The standard InChI is InChI=1S/C33H23ClFN3O5S2/c1-42-26-15-14-20(17-25(26)35)29(39)27-28(19-9-7-12-23(16-19)43-22-10-3-2-4-11-22)38(31(41)30(27)40)32-36-37-33(45-32)44-18-21-8-5-6-13-24(21)34/h2-17,28,39H,18H2,1H3. The number of Topliss-reactive ketones (excluding diaryl/α,β-unsaturated/α-hetero) is 1. The van der Waals surface area contributed by atoms with Crippen LogP contribution >= 0.6 is 34.7 Å². The second kappa shape index (κ2) is 13.1. The summed E-state index contributed by atoms with van der Waals surface area (Å²) in [5.41, 5.74) is 1.13. The molecule has 12 heteroatoms. The number of aliphatic hydroxyl groups is 1. The van der Waals surface area contributed by atoms with Gasteiger partial charge in [-0.05, 0) is 59.7 Å². The van der Waals surface area contributed by atoms with Crippen molar-refractivity contribution < 1.29 is 28.6 Å². The van der Waals surface area contributed by atoms with E-state index >= 15 is 0 Å². The summed E-state index contributed by atoms with van der Waals surface area (Å²) in [5, 5.41) is 20.7. The number of anilines is 1. The number of ketones is 1. The monoisotopic (exact) mass is 659 g/mol. The molecule has 6 rings (SSSR count). The number of nitrogens with zero attached hydrogens (tertiary/aromatic N) is 3. The van der Waals surface area contributed by atoms with Crippen LogP contribution in [0.25, 0.3) is 5.76 Å². The lowest BCUT2D eigenvalue weighted by atomic mass is 9.95. The van der Waals surface area contributed by atoms with Gasteiger partial charge in [0.05, 0.1) is 18.7 Å². The van der Waals surface area contributed by atoms with Crippen molar-refractivity contribution >= 4 is 57.3 Å². The maximum absolute atomic E-state index is 14.7. The van der Waals surface area contributed by atoms with E-state index in [1.165, 1.54) is 35.9 Å². The molecule has 0 radical (unpaired) electrons. The van der Waals surface area contributed by atoms with E-state index in [2.05, 4.69) is 10.2 Å². The van der Waals surface area contributed by atoms with Crippen molar-refractivity contribution in [3.8, 4) is 17.2 Å². The number of benzene rings is 4. The van der Waals surface area contributed by atoms with Crippen molar-refractivity contribution in [1.82, 2.24) is 10.2 Å². The number of thioether (sulfide) groups is 1. The van der Waals surface area contributed by atoms with Gasteiger partial charge in [0.2, 0.25) is 5.13 Å². The summed E-state index contributed by atoms with van der Waals surface area (Å²) in [5.74, 6) is -1.66. The van der Waals surface area contributed by atoms with Crippen molar-refractivity contribution in [2.75, 3.05) is 12.0 Å². The molecule has 0 bridgehead atoms. The normalized spacial score (nSPS) is 15.8. The molecule has 1 amide bonds. The number of hydrogen-bond acceptors (Lipinski definition) is 9. The first-order valence-electron chi connectivity index (χ1n) is 13.5. The lowest BCUT2D eigenvalue weighted by Crippen LogP contribution is -2.29. The van der Waals surface area contributed by atoms with Gasteiger partial charge >= 0.3 is 5.91 Å². The Kier molecular flexibility index (Phi) is 8.83. The van der Waals surface area contributed by atoms with Crippen LogP contribution in [0, 0.1) is 5.82 Å². The predicted octanol–water partition coefficient (Wildman–Crippen LogP) is 8.05. The molecule has 0 aliphatic carbocycles. The fourth-order valence-corrected chi connectivity index (χ4v) is 6.95. The average molecular weight is 660 g/mol. The van der Waals surface area contributed by atoms with Crippen molar-refractivity contribution in [2.24, 2.45) is 0 Å². The van der Waals surface area contributed by atoms with Crippen LogP contribution < -0.4 is 14.4 Å². The number of rotatable bonds is 9.